The van der Waals surface area contributed by atoms with Gasteiger partial charge in [-0.15, -0.1) is 5.10 Å². The van der Waals surface area contributed by atoms with E-state index in [-0.39, 0.29) is 23.0 Å². The molecule has 0 saturated heterocycles. The van der Waals surface area contributed by atoms with Gasteiger partial charge in [0.2, 0.25) is 5.89 Å². The van der Waals surface area contributed by atoms with E-state index < -0.39 is 5.76 Å². The van der Waals surface area contributed by atoms with Gasteiger partial charge in [-0.3, -0.25) is 0 Å². The van der Waals surface area contributed by atoms with E-state index in [0.29, 0.717) is 53.7 Å². The second kappa shape index (κ2) is 8.51. The maximum atomic E-state index is 11.8. The number of fused-ring (bicyclic) bond motifs is 5. The average molecular weight is 461 g/mol. The van der Waals surface area contributed by atoms with Crippen molar-refractivity contribution in [3.05, 3.63) is 16.4 Å². The summed E-state index contributed by atoms with van der Waals surface area (Å²) in [4.78, 5) is 11.3. The molecule has 3 N–H and O–H groups in total. The molecule has 6 nitrogen and oxygen atoms in total. The van der Waals surface area contributed by atoms with Crippen molar-refractivity contribution in [1.29, 1.82) is 0 Å². The number of nitrogens with zero attached hydrogens (tertiary/aromatic N) is 1. The summed E-state index contributed by atoms with van der Waals surface area (Å²) in [5.41, 5.74) is 0.524. The highest BCUT2D eigenvalue weighted by molar-refractivity contribution is 5.13. The fourth-order valence-corrected chi connectivity index (χ4v) is 9.85. The Balaban J connectivity index is 1.37. The van der Waals surface area contributed by atoms with E-state index in [1.165, 1.54) is 25.7 Å². The van der Waals surface area contributed by atoms with Crippen LogP contribution >= 0.6 is 0 Å². The van der Waals surface area contributed by atoms with Crippen LogP contribution in [0.3, 0.4) is 0 Å². The Hall–Kier alpha value is -1.14. The zero-order valence-electron chi connectivity index (χ0n) is 20.9. The van der Waals surface area contributed by atoms with Crippen LogP contribution in [0.4, 0.5) is 0 Å². The smallest absolute Gasteiger partial charge is 0.393 e. The van der Waals surface area contributed by atoms with E-state index in [2.05, 4.69) is 37.9 Å². The van der Waals surface area contributed by atoms with Gasteiger partial charge in [-0.05, 0) is 104 Å². The average Bonchev–Trinajstić information content (AvgIpc) is 3.36. The van der Waals surface area contributed by atoms with Gasteiger partial charge >= 0.3 is 5.76 Å². The Labute approximate surface area is 197 Å². The van der Waals surface area contributed by atoms with Crippen LogP contribution in [-0.2, 0) is 6.42 Å². The molecule has 11 atom stereocenters. The van der Waals surface area contributed by atoms with Crippen LogP contribution in [0, 0.1) is 52.3 Å². The van der Waals surface area contributed by atoms with Crippen molar-refractivity contribution in [3.8, 4) is 0 Å². The lowest BCUT2D eigenvalue weighted by Crippen LogP contribution is -2.62. The molecule has 5 rings (SSSR count). The summed E-state index contributed by atoms with van der Waals surface area (Å²) in [5.74, 6) is 3.55. The first-order valence-corrected chi connectivity index (χ1v) is 13.6. The Morgan fingerprint density at radius 3 is 2.52 bits per heavy atom. The maximum absolute atomic E-state index is 11.8. The topological polar surface area (TPSA) is 99.4 Å². The molecule has 4 fully saturated rings. The fourth-order valence-electron chi connectivity index (χ4n) is 9.85. The lowest BCUT2D eigenvalue weighted by Gasteiger charge is -2.64. The van der Waals surface area contributed by atoms with E-state index in [9.17, 15) is 15.0 Å². The molecule has 6 heteroatoms. The van der Waals surface area contributed by atoms with Crippen molar-refractivity contribution < 1.29 is 14.6 Å². The van der Waals surface area contributed by atoms with Crippen LogP contribution in [0.25, 0.3) is 0 Å². The summed E-state index contributed by atoms with van der Waals surface area (Å²) >= 11 is 0. The van der Waals surface area contributed by atoms with Crippen molar-refractivity contribution in [2.24, 2.45) is 52.3 Å². The molecule has 1 heterocycles. The Kier molecular flexibility index (Phi) is 6.09. The predicted octanol–water partition coefficient (Wildman–Crippen LogP) is 4.56. The van der Waals surface area contributed by atoms with Crippen molar-refractivity contribution >= 4 is 0 Å². The molecule has 0 bridgehead atoms. The third-order valence-electron chi connectivity index (χ3n) is 11.4. The molecule has 0 aliphatic heterocycles. The molecule has 4 unspecified atom stereocenters. The lowest BCUT2D eigenvalue weighted by molar-refractivity contribution is -0.203. The quantitative estimate of drug-likeness (QED) is 0.598. The van der Waals surface area contributed by atoms with Crippen LogP contribution in [0.1, 0.15) is 91.4 Å². The maximum Gasteiger partial charge on any atom is 0.434 e. The largest absolute Gasteiger partial charge is 0.434 e. The second-order valence-corrected chi connectivity index (χ2v) is 12.6. The van der Waals surface area contributed by atoms with E-state index >= 15 is 0 Å². The standard InChI is InChI=1S/C27H44N2O4/c1-5-17-21-14-16(30)10-12-27(21,4)20-11-13-26(3)18(7-8-19(26)23(20)24(17)31)15(2)6-9-22-28-29-25(32)33-22/h15-21,23-24,30-31H,5-14H2,1-4H3,(H,29,32)/t15-,16-,17-,18?,19?,20?,21+,23?,24-,26-,27-/m1/s1. The van der Waals surface area contributed by atoms with Gasteiger partial charge in [-0.1, -0.05) is 34.1 Å². The summed E-state index contributed by atoms with van der Waals surface area (Å²) in [6.45, 7) is 9.63. The number of hydrogen-bond donors (Lipinski definition) is 3. The third-order valence-corrected chi connectivity index (χ3v) is 11.4. The number of rotatable bonds is 5. The van der Waals surface area contributed by atoms with E-state index in [1.54, 1.807) is 0 Å². The van der Waals surface area contributed by atoms with Gasteiger partial charge in [0.25, 0.3) is 0 Å². The number of aromatic amines is 1. The first-order valence-electron chi connectivity index (χ1n) is 13.6. The van der Waals surface area contributed by atoms with Gasteiger partial charge in [0.15, 0.2) is 0 Å². The highest BCUT2D eigenvalue weighted by atomic mass is 16.4. The minimum absolute atomic E-state index is 0.189. The van der Waals surface area contributed by atoms with Crippen molar-refractivity contribution in [2.75, 3.05) is 0 Å². The van der Waals surface area contributed by atoms with Crippen molar-refractivity contribution in [3.63, 3.8) is 0 Å². The Morgan fingerprint density at radius 2 is 1.82 bits per heavy atom. The van der Waals surface area contributed by atoms with E-state index in [4.69, 9.17) is 4.42 Å². The van der Waals surface area contributed by atoms with Crippen LogP contribution in [-0.4, -0.2) is 32.6 Å². The van der Waals surface area contributed by atoms with Crippen LogP contribution in [0.15, 0.2) is 9.21 Å². The highest BCUT2D eigenvalue weighted by Gasteiger charge is 2.64. The number of aromatic nitrogens is 2. The molecular weight excluding hydrogens is 416 g/mol. The molecule has 1 aromatic heterocycles. The Morgan fingerprint density at radius 1 is 1.09 bits per heavy atom. The van der Waals surface area contributed by atoms with Gasteiger partial charge in [0.05, 0.1) is 12.2 Å². The molecule has 0 amide bonds. The number of aryl methyl sites for hydroxylation is 1. The molecular formula is C27H44N2O4. The van der Waals surface area contributed by atoms with Crippen molar-refractivity contribution in [2.45, 2.75) is 104 Å². The van der Waals surface area contributed by atoms with Gasteiger partial charge in [-0.25, -0.2) is 9.89 Å². The zero-order chi connectivity index (χ0) is 23.5. The number of aliphatic hydroxyl groups is 2. The third kappa shape index (κ3) is 3.65. The van der Waals surface area contributed by atoms with Crippen molar-refractivity contribution in [1.82, 2.24) is 10.2 Å². The first-order chi connectivity index (χ1) is 15.7. The minimum Gasteiger partial charge on any atom is -0.393 e. The number of H-pyrrole nitrogens is 1. The Bertz CT molecular complexity index is 897. The highest BCUT2D eigenvalue weighted by Crippen LogP contribution is 2.69. The number of aliphatic hydroxyl groups excluding tert-OH is 2. The summed E-state index contributed by atoms with van der Waals surface area (Å²) in [6.07, 6.45) is 10.1. The molecule has 33 heavy (non-hydrogen) atoms. The first kappa shape index (κ1) is 23.6. The molecule has 4 aliphatic carbocycles. The molecule has 1 aromatic rings. The van der Waals surface area contributed by atoms with Gasteiger partial charge < -0.3 is 14.6 Å². The van der Waals surface area contributed by atoms with E-state index in [0.717, 1.165) is 32.1 Å². The van der Waals surface area contributed by atoms with Crippen LogP contribution in [0.2, 0.25) is 0 Å². The van der Waals surface area contributed by atoms with E-state index in [1.807, 2.05) is 0 Å². The molecule has 0 radical (unpaired) electrons. The number of hydrogen-bond acceptors (Lipinski definition) is 5. The minimum atomic E-state index is -0.470. The van der Waals surface area contributed by atoms with Gasteiger partial charge in [-0.2, -0.15) is 0 Å². The second-order valence-electron chi connectivity index (χ2n) is 12.6. The molecule has 0 aromatic carbocycles. The molecule has 4 aliphatic rings. The zero-order valence-corrected chi connectivity index (χ0v) is 20.9. The van der Waals surface area contributed by atoms with Crippen LogP contribution < -0.4 is 5.76 Å². The monoisotopic (exact) mass is 460 g/mol. The summed E-state index contributed by atoms with van der Waals surface area (Å²) in [5, 5.41) is 28.6. The summed E-state index contributed by atoms with van der Waals surface area (Å²) in [7, 11) is 0. The fraction of sp³-hybridized carbons (Fsp3) is 0.926. The lowest BCUT2D eigenvalue weighted by atomic mass is 9.41. The normalized spacial score (nSPS) is 48.1. The molecule has 4 saturated carbocycles. The van der Waals surface area contributed by atoms with Crippen LogP contribution in [0.5, 0.6) is 0 Å². The number of nitrogens with one attached hydrogen (secondary N) is 1. The SMILES string of the molecule is CC[C@H]1[C@@H](O)C2C3CCC([C@H](C)CCc4n[nH]c(=O)o4)[C@@]3(C)CCC2[C@@]2(C)CC[C@@H](O)C[C@@H]12. The van der Waals surface area contributed by atoms with Gasteiger partial charge in [0.1, 0.15) is 0 Å². The van der Waals surface area contributed by atoms with Gasteiger partial charge in [0, 0.05) is 6.42 Å². The molecule has 0 spiro atoms. The summed E-state index contributed by atoms with van der Waals surface area (Å²) < 4.78 is 5.13. The predicted molar refractivity (Wildman–Crippen MR) is 126 cm³/mol. The summed E-state index contributed by atoms with van der Waals surface area (Å²) in [6, 6.07) is 0. The molecule has 186 valence electrons.